The highest BCUT2D eigenvalue weighted by Gasteiger charge is 1.98. The largest absolute Gasteiger partial charge is 0.367 e. The quantitative estimate of drug-likeness (QED) is 0.698. The molecule has 0 aromatic carbocycles. The molecule has 1 aromatic heterocycles. The molecule has 0 atom stereocenters. The molecule has 0 unspecified atom stereocenters. The van der Waals surface area contributed by atoms with Gasteiger partial charge in [-0.2, -0.15) is 0 Å². The summed E-state index contributed by atoms with van der Waals surface area (Å²) in [4.78, 5) is 14.0. The van der Waals surface area contributed by atoms with E-state index < -0.39 is 0 Å². The van der Waals surface area contributed by atoms with Crippen molar-refractivity contribution in [1.29, 1.82) is 0 Å². The van der Waals surface area contributed by atoms with Crippen LogP contribution in [0.5, 0.6) is 0 Å². The van der Waals surface area contributed by atoms with Crippen LogP contribution in [0.25, 0.3) is 0 Å². The van der Waals surface area contributed by atoms with E-state index in [0.717, 1.165) is 12.0 Å². The van der Waals surface area contributed by atoms with Crippen molar-refractivity contribution in [2.75, 3.05) is 0 Å². The lowest BCUT2D eigenvalue weighted by Crippen LogP contribution is -2.21. The van der Waals surface area contributed by atoms with Crippen molar-refractivity contribution < 1.29 is 4.79 Å². The first-order chi connectivity index (χ1) is 5.83. The molecule has 1 heterocycles. The summed E-state index contributed by atoms with van der Waals surface area (Å²) in [5, 5.41) is 2.83. The van der Waals surface area contributed by atoms with Gasteiger partial charge in [0.2, 0.25) is 5.91 Å². The SMILES string of the molecule is CCCC(=O)NCc1cc[nH]c1. The van der Waals surface area contributed by atoms with Crippen molar-refractivity contribution in [3.63, 3.8) is 0 Å². The van der Waals surface area contributed by atoms with E-state index in [-0.39, 0.29) is 5.91 Å². The van der Waals surface area contributed by atoms with Gasteiger partial charge in [-0.15, -0.1) is 0 Å². The lowest BCUT2D eigenvalue weighted by Gasteiger charge is -2.00. The van der Waals surface area contributed by atoms with Crippen molar-refractivity contribution in [3.8, 4) is 0 Å². The Morgan fingerprint density at radius 1 is 1.67 bits per heavy atom. The van der Waals surface area contributed by atoms with Gasteiger partial charge in [-0.3, -0.25) is 4.79 Å². The topological polar surface area (TPSA) is 44.9 Å². The van der Waals surface area contributed by atoms with Gasteiger partial charge in [0.15, 0.2) is 0 Å². The number of carbonyl (C=O) groups excluding carboxylic acids is 1. The predicted molar refractivity (Wildman–Crippen MR) is 47.5 cm³/mol. The van der Waals surface area contributed by atoms with Gasteiger partial charge < -0.3 is 10.3 Å². The van der Waals surface area contributed by atoms with Crippen molar-refractivity contribution >= 4 is 5.91 Å². The Hall–Kier alpha value is -1.25. The molecule has 0 saturated carbocycles. The molecule has 0 aliphatic carbocycles. The first-order valence-electron chi connectivity index (χ1n) is 4.21. The summed E-state index contributed by atoms with van der Waals surface area (Å²) in [5.41, 5.74) is 1.11. The fourth-order valence-electron chi connectivity index (χ4n) is 0.984. The van der Waals surface area contributed by atoms with Crippen LogP contribution in [0.2, 0.25) is 0 Å². The number of H-pyrrole nitrogens is 1. The van der Waals surface area contributed by atoms with Gasteiger partial charge in [0.25, 0.3) is 0 Å². The molecule has 66 valence electrons. The number of aromatic nitrogens is 1. The third-order valence-corrected chi connectivity index (χ3v) is 1.63. The Kier molecular flexibility index (Phi) is 3.38. The minimum absolute atomic E-state index is 0.124. The molecule has 2 N–H and O–H groups in total. The monoisotopic (exact) mass is 166 g/mol. The van der Waals surface area contributed by atoms with E-state index in [9.17, 15) is 4.79 Å². The minimum atomic E-state index is 0.124. The molecule has 0 aliphatic heterocycles. The molecular formula is C9H14N2O. The summed E-state index contributed by atoms with van der Waals surface area (Å²) in [6, 6.07) is 1.95. The lowest BCUT2D eigenvalue weighted by molar-refractivity contribution is -0.121. The van der Waals surface area contributed by atoms with E-state index in [1.165, 1.54) is 0 Å². The second-order valence-corrected chi connectivity index (χ2v) is 2.75. The van der Waals surface area contributed by atoms with E-state index in [4.69, 9.17) is 0 Å². The van der Waals surface area contributed by atoms with Crippen LogP contribution in [0.3, 0.4) is 0 Å². The van der Waals surface area contributed by atoms with Gasteiger partial charge in [0.1, 0.15) is 0 Å². The highest BCUT2D eigenvalue weighted by Crippen LogP contribution is 1.95. The first-order valence-corrected chi connectivity index (χ1v) is 4.21. The van der Waals surface area contributed by atoms with Crippen LogP contribution in [-0.2, 0) is 11.3 Å². The Balaban J connectivity index is 2.22. The zero-order valence-corrected chi connectivity index (χ0v) is 7.26. The molecule has 0 radical (unpaired) electrons. The molecule has 3 nitrogen and oxygen atoms in total. The summed E-state index contributed by atoms with van der Waals surface area (Å²) >= 11 is 0. The number of hydrogen-bond acceptors (Lipinski definition) is 1. The molecule has 0 fully saturated rings. The number of rotatable bonds is 4. The van der Waals surface area contributed by atoms with Gasteiger partial charge in [0, 0.05) is 25.4 Å². The number of aromatic amines is 1. The first kappa shape index (κ1) is 8.84. The van der Waals surface area contributed by atoms with Gasteiger partial charge in [-0.25, -0.2) is 0 Å². The van der Waals surface area contributed by atoms with Crippen LogP contribution in [0.15, 0.2) is 18.5 Å². The molecule has 12 heavy (non-hydrogen) atoms. The van der Waals surface area contributed by atoms with Crippen molar-refractivity contribution in [3.05, 3.63) is 24.0 Å². The van der Waals surface area contributed by atoms with Crippen LogP contribution in [0.4, 0.5) is 0 Å². The van der Waals surface area contributed by atoms with E-state index >= 15 is 0 Å². The normalized spacial score (nSPS) is 9.75. The van der Waals surface area contributed by atoms with Crippen LogP contribution >= 0.6 is 0 Å². The molecule has 0 aliphatic rings. The molecule has 0 bridgehead atoms. The number of nitrogens with one attached hydrogen (secondary N) is 2. The van der Waals surface area contributed by atoms with E-state index in [0.29, 0.717) is 13.0 Å². The third-order valence-electron chi connectivity index (χ3n) is 1.63. The van der Waals surface area contributed by atoms with Crippen LogP contribution < -0.4 is 5.32 Å². The minimum Gasteiger partial charge on any atom is -0.367 e. The summed E-state index contributed by atoms with van der Waals surface area (Å²) in [5.74, 6) is 0.124. The van der Waals surface area contributed by atoms with E-state index in [1.807, 2.05) is 25.4 Å². The summed E-state index contributed by atoms with van der Waals surface area (Å²) in [6.45, 7) is 2.62. The molecular weight excluding hydrogens is 152 g/mol. The smallest absolute Gasteiger partial charge is 0.220 e. The number of hydrogen-bond donors (Lipinski definition) is 2. The Labute approximate surface area is 72.2 Å². The molecule has 0 spiro atoms. The van der Waals surface area contributed by atoms with Gasteiger partial charge in [0.05, 0.1) is 0 Å². The van der Waals surface area contributed by atoms with E-state index in [1.54, 1.807) is 0 Å². The number of carbonyl (C=O) groups is 1. The zero-order valence-electron chi connectivity index (χ0n) is 7.26. The fraction of sp³-hybridized carbons (Fsp3) is 0.444. The maximum Gasteiger partial charge on any atom is 0.220 e. The second-order valence-electron chi connectivity index (χ2n) is 2.75. The fourth-order valence-corrected chi connectivity index (χ4v) is 0.984. The highest BCUT2D eigenvalue weighted by molar-refractivity contribution is 5.75. The standard InChI is InChI=1S/C9H14N2O/c1-2-3-9(12)11-7-8-4-5-10-6-8/h4-6,10H,2-3,7H2,1H3,(H,11,12). The highest BCUT2D eigenvalue weighted by atomic mass is 16.1. The lowest BCUT2D eigenvalue weighted by atomic mass is 10.3. The summed E-state index contributed by atoms with van der Waals surface area (Å²) in [6.07, 6.45) is 5.25. The Morgan fingerprint density at radius 2 is 2.50 bits per heavy atom. The number of amides is 1. The molecule has 0 saturated heterocycles. The van der Waals surface area contributed by atoms with Gasteiger partial charge in [-0.05, 0) is 18.1 Å². The van der Waals surface area contributed by atoms with Gasteiger partial charge >= 0.3 is 0 Å². The predicted octanol–water partition coefficient (Wildman–Crippen LogP) is 1.43. The van der Waals surface area contributed by atoms with Crippen LogP contribution in [0, 0.1) is 0 Å². The van der Waals surface area contributed by atoms with Crippen LogP contribution in [0.1, 0.15) is 25.3 Å². The van der Waals surface area contributed by atoms with Gasteiger partial charge in [-0.1, -0.05) is 6.92 Å². The third kappa shape index (κ3) is 2.78. The summed E-state index contributed by atoms with van der Waals surface area (Å²) < 4.78 is 0. The summed E-state index contributed by atoms with van der Waals surface area (Å²) in [7, 11) is 0. The average molecular weight is 166 g/mol. The van der Waals surface area contributed by atoms with Crippen molar-refractivity contribution in [2.24, 2.45) is 0 Å². The molecule has 1 amide bonds. The van der Waals surface area contributed by atoms with Crippen LogP contribution in [-0.4, -0.2) is 10.9 Å². The maximum absolute atomic E-state index is 11.0. The van der Waals surface area contributed by atoms with Crippen molar-refractivity contribution in [1.82, 2.24) is 10.3 Å². The van der Waals surface area contributed by atoms with E-state index in [2.05, 4.69) is 10.3 Å². The maximum atomic E-state index is 11.0. The average Bonchev–Trinajstić information content (AvgIpc) is 2.53. The van der Waals surface area contributed by atoms with Crippen molar-refractivity contribution in [2.45, 2.75) is 26.3 Å². The Bertz CT molecular complexity index is 229. The molecule has 1 aromatic rings. The molecule has 1 rings (SSSR count). The second kappa shape index (κ2) is 4.59. The zero-order chi connectivity index (χ0) is 8.81. The molecule has 3 heteroatoms. The Morgan fingerprint density at radius 3 is 3.08 bits per heavy atom.